The van der Waals surface area contributed by atoms with Crippen LogP contribution in [-0.2, 0) is 4.79 Å². The maximum atomic E-state index is 12.3. The third kappa shape index (κ3) is 4.39. The lowest BCUT2D eigenvalue weighted by molar-refractivity contribution is -0.123. The summed E-state index contributed by atoms with van der Waals surface area (Å²) < 4.78 is 0. The molecule has 2 aliphatic carbocycles. The van der Waals surface area contributed by atoms with Crippen LogP contribution in [0.4, 0.5) is 0 Å². The van der Waals surface area contributed by atoms with Gasteiger partial charge >= 0.3 is 0 Å². The Morgan fingerprint density at radius 1 is 1.25 bits per heavy atom. The topological polar surface area (TPSA) is 41.1 Å². The molecule has 0 saturated heterocycles. The summed E-state index contributed by atoms with van der Waals surface area (Å²) in [5.41, 5.74) is 0.0680. The van der Waals surface area contributed by atoms with Gasteiger partial charge in [-0.1, -0.05) is 26.2 Å². The molecule has 2 N–H and O–H groups in total. The van der Waals surface area contributed by atoms with Crippen LogP contribution < -0.4 is 10.6 Å². The van der Waals surface area contributed by atoms with Crippen molar-refractivity contribution in [3.63, 3.8) is 0 Å². The lowest BCUT2D eigenvalue weighted by Crippen LogP contribution is -2.49. The van der Waals surface area contributed by atoms with E-state index in [1.807, 2.05) is 18.8 Å². The molecule has 2 unspecified atom stereocenters. The van der Waals surface area contributed by atoms with Gasteiger partial charge in [-0.25, -0.2) is 0 Å². The predicted molar refractivity (Wildman–Crippen MR) is 87.2 cm³/mol. The van der Waals surface area contributed by atoms with Crippen LogP contribution in [0.5, 0.6) is 0 Å². The van der Waals surface area contributed by atoms with Crippen molar-refractivity contribution in [2.24, 2.45) is 0 Å². The zero-order valence-corrected chi connectivity index (χ0v) is 13.9. The SMILES string of the molecule is CCSC1CCC(NC(=O)CC2(NC)CCCCC2)C1. The first kappa shape index (κ1) is 16.2. The molecule has 4 heteroatoms. The van der Waals surface area contributed by atoms with Crippen molar-refractivity contribution < 1.29 is 4.79 Å². The molecule has 0 aromatic heterocycles. The first-order valence-electron chi connectivity index (χ1n) is 8.27. The van der Waals surface area contributed by atoms with Crippen molar-refractivity contribution in [3.8, 4) is 0 Å². The van der Waals surface area contributed by atoms with Crippen LogP contribution in [0.3, 0.4) is 0 Å². The van der Waals surface area contributed by atoms with Gasteiger partial charge in [0.05, 0.1) is 0 Å². The molecule has 0 bridgehead atoms. The van der Waals surface area contributed by atoms with E-state index in [9.17, 15) is 4.79 Å². The van der Waals surface area contributed by atoms with Crippen molar-refractivity contribution in [2.45, 2.75) is 81.5 Å². The minimum atomic E-state index is 0.0680. The Bertz CT molecular complexity index is 316. The van der Waals surface area contributed by atoms with Crippen LogP contribution in [0.25, 0.3) is 0 Å². The average Bonchev–Trinajstić information content (AvgIpc) is 2.87. The molecule has 2 rings (SSSR count). The molecule has 0 aliphatic heterocycles. The van der Waals surface area contributed by atoms with Crippen LogP contribution in [-0.4, -0.2) is 35.5 Å². The number of carbonyl (C=O) groups is 1. The second-order valence-electron chi connectivity index (χ2n) is 6.42. The molecule has 20 heavy (non-hydrogen) atoms. The number of carbonyl (C=O) groups excluding carboxylic acids is 1. The third-order valence-corrected chi connectivity index (χ3v) is 6.22. The minimum absolute atomic E-state index is 0.0680. The Kier molecular flexibility index (Phi) is 6.21. The predicted octanol–water partition coefficient (Wildman–Crippen LogP) is 3.09. The average molecular weight is 298 g/mol. The third-order valence-electron chi connectivity index (χ3n) is 4.99. The Morgan fingerprint density at radius 3 is 2.65 bits per heavy atom. The molecule has 0 heterocycles. The lowest BCUT2D eigenvalue weighted by atomic mass is 9.79. The molecule has 0 spiro atoms. The normalized spacial score (nSPS) is 29.3. The van der Waals surface area contributed by atoms with E-state index < -0.39 is 0 Å². The molecule has 1 amide bonds. The van der Waals surface area contributed by atoms with Crippen LogP contribution in [0.2, 0.25) is 0 Å². The van der Waals surface area contributed by atoms with Gasteiger partial charge in [0, 0.05) is 23.3 Å². The van der Waals surface area contributed by atoms with Crippen LogP contribution in [0.15, 0.2) is 0 Å². The number of rotatable bonds is 6. The zero-order chi connectivity index (χ0) is 14.4. The molecular weight excluding hydrogens is 268 g/mol. The zero-order valence-electron chi connectivity index (χ0n) is 13.0. The highest BCUT2D eigenvalue weighted by atomic mass is 32.2. The molecule has 0 radical (unpaired) electrons. The second-order valence-corrected chi connectivity index (χ2v) is 8.00. The van der Waals surface area contributed by atoms with E-state index in [1.165, 1.54) is 31.4 Å². The minimum Gasteiger partial charge on any atom is -0.353 e. The smallest absolute Gasteiger partial charge is 0.222 e. The van der Waals surface area contributed by atoms with Gasteiger partial charge in [0.1, 0.15) is 0 Å². The first-order valence-corrected chi connectivity index (χ1v) is 9.32. The summed E-state index contributed by atoms with van der Waals surface area (Å²) in [7, 11) is 2.02. The lowest BCUT2D eigenvalue weighted by Gasteiger charge is -2.37. The summed E-state index contributed by atoms with van der Waals surface area (Å²) >= 11 is 2.05. The van der Waals surface area contributed by atoms with Gasteiger partial charge in [0.15, 0.2) is 0 Å². The first-order chi connectivity index (χ1) is 9.67. The highest BCUT2D eigenvalue weighted by Crippen LogP contribution is 2.32. The van der Waals surface area contributed by atoms with Crippen molar-refractivity contribution >= 4 is 17.7 Å². The van der Waals surface area contributed by atoms with Crippen LogP contribution >= 0.6 is 11.8 Å². The number of amides is 1. The highest BCUT2D eigenvalue weighted by molar-refractivity contribution is 7.99. The van der Waals surface area contributed by atoms with Gasteiger partial charge in [-0.2, -0.15) is 11.8 Å². The van der Waals surface area contributed by atoms with Crippen LogP contribution in [0, 0.1) is 0 Å². The summed E-state index contributed by atoms with van der Waals surface area (Å²) in [4.78, 5) is 12.3. The van der Waals surface area contributed by atoms with Crippen molar-refractivity contribution in [3.05, 3.63) is 0 Å². The molecule has 2 atom stereocenters. The number of thioether (sulfide) groups is 1. The Balaban J connectivity index is 1.77. The fourth-order valence-electron chi connectivity index (χ4n) is 3.79. The largest absolute Gasteiger partial charge is 0.353 e. The van der Waals surface area contributed by atoms with Gasteiger partial charge in [-0.05, 0) is 44.9 Å². The summed E-state index contributed by atoms with van der Waals surface area (Å²) in [6, 6.07) is 0.420. The van der Waals surface area contributed by atoms with E-state index in [2.05, 4.69) is 17.6 Å². The molecular formula is C16H30N2OS. The van der Waals surface area contributed by atoms with Gasteiger partial charge in [-0.15, -0.1) is 0 Å². The molecule has 0 aromatic carbocycles. The van der Waals surface area contributed by atoms with E-state index in [0.717, 1.165) is 30.9 Å². The monoisotopic (exact) mass is 298 g/mol. The van der Waals surface area contributed by atoms with E-state index in [-0.39, 0.29) is 11.4 Å². The number of hydrogen-bond acceptors (Lipinski definition) is 3. The van der Waals surface area contributed by atoms with Crippen LogP contribution in [0.1, 0.15) is 64.7 Å². The fourth-order valence-corrected chi connectivity index (χ4v) is 4.93. The second kappa shape index (κ2) is 7.69. The summed E-state index contributed by atoms with van der Waals surface area (Å²) in [6.45, 7) is 2.22. The molecule has 2 aliphatic rings. The van der Waals surface area contributed by atoms with Crippen molar-refractivity contribution in [1.82, 2.24) is 10.6 Å². The summed E-state index contributed by atoms with van der Waals surface area (Å²) in [5, 5.41) is 7.48. The van der Waals surface area contributed by atoms with E-state index in [4.69, 9.17) is 0 Å². The standard InChI is InChI=1S/C16H30N2OS/c1-3-20-14-8-7-13(11-14)18-15(19)12-16(17-2)9-5-4-6-10-16/h13-14,17H,3-12H2,1-2H3,(H,18,19). The van der Waals surface area contributed by atoms with Crippen molar-refractivity contribution in [1.29, 1.82) is 0 Å². The number of nitrogens with one attached hydrogen (secondary N) is 2. The maximum Gasteiger partial charge on any atom is 0.222 e. The van der Waals surface area contributed by atoms with E-state index >= 15 is 0 Å². The molecule has 116 valence electrons. The fraction of sp³-hybridized carbons (Fsp3) is 0.938. The van der Waals surface area contributed by atoms with Gasteiger partial charge in [0.25, 0.3) is 0 Å². The summed E-state index contributed by atoms with van der Waals surface area (Å²) in [6.07, 6.45) is 10.4. The molecule has 0 aromatic rings. The van der Waals surface area contributed by atoms with Gasteiger partial charge < -0.3 is 10.6 Å². The van der Waals surface area contributed by atoms with E-state index in [0.29, 0.717) is 12.5 Å². The van der Waals surface area contributed by atoms with E-state index in [1.54, 1.807) is 0 Å². The van der Waals surface area contributed by atoms with Crippen molar-refractivity contribution in [2.75, 3.05) is 12.8 Å². The van der Waals surface area contributed by atoms with Gasteiger partial charge in [-0.3, -0.25) is 4.79 Å². The maximum absolute atomic E-state index is 12.3. The Hall–Kier alpha value is -0.220. The molecule has 3 nitrogen and oxygen atoms in total. The molecule has 2 fully saturated rings. The van der Waals surface area contributed by atoms with Gasteiger partial charge in [0.2, 0.25) is 5.91 Å². The molecule has 2 saturated carbocycles. The highest BCUT2D eigenvalue weighted by Gasteiger charge is 2.34. The number of hydrogen-bond donors (Lipinski definition) is 2. The Morgan fingerprint density at radius 2 is 2.00 bits per heavy atom. The quantitative estimate of drug-likeness (QED) is 0.792. The Labute approximate surface area is 128 Å². The summed E-state index contributed by atoms with van der Waals surface area (Å²) in [5.74, 6) is 1.45.